The number of hydrogen-bond donors (Lipinski definition) is 0. The molecule has 0 aliphatic carbocycles. The largest absolute Gasteiger partial charge is 0.479 e. The highest BCUT2D eigenvalue weighted by molar-refractivity contribution is 5.77. The minimum Gasteiger partial charge on any atom is -0.479 e. The monoisotopic (exact) mass is 295 g/mol. The molecular weight excluding hydrogens is 258 g/mol. The van der Waals surface area contributed by atoms with Crippen LogP contribution in [-0.2, 0) is 4.74 Å². The van der Waals surface area contributed by atoms with Crippen molar-refractivity contribution in [2.24, 2.45) is 4.99 Å². The van der Waals surface area contributed by atoms with E-state index < -0.39 is 0 Å². The lowest BCUT2D eigenvalue weighted by molar-refractivity contribution is 0.336. The molecule has 21 heavy (non-hydrogen) atoms. The Kier molecular flexibility index (Phi) is 12.7. The molecule has 2 nitrogen and oxygen atoms in total. The molecule has 0 bridgehead atoms. The standard InChI is InChI=1S/C19H37NO/c1-2-3-4-5-6-7-8-9-10-11-12-13-14-15-16-19-20-17-18-21-19/h2-18H2,1H3. The smallest absolute Gasteiger partial charge is 0.183 e. The molecule has 1 heterocycles. The van der Waals surface area contributed by atoms with Gasteiger partial charge in [0.15, 0.2) is 5.90 Å². The van der Waals surface area contributed by atoms with Gasteiger partial charge in [0.2, 0.25) is 0 Å². The van der Waals surface area contributed by atoms with Gasteiger partial charge in [-0.2, -0.15) is 0 Å². The zero-order chi connectivity index (χ0) is 15.0. The number of aliphatic imine (C=N–C) groups is 1. The van der Waals surface area contributed by atoms with Crippen molar-refractivity contribution in [2.45, 2.75) is 103 Å². The lowest BCUT2D eigenvalue weighted by atomic mass is 10.0. The summed E-state index contributed by atoms with van der Waals surface area (Å²) >= 11 is 0. The van der Waals surface area contributed by atoms with Crippen molar-refractivity contribution in [3.05, 3.63) is 0 Å². The van der Waals surface area contributed by atoms with E-state index in [0.29, 0.717) is 0 Å². The van der Waals surface area contributed by atoms with Gasteiger partial charge in [0.25, 0.3) is 0 Å². The summed E-state index contributed by atoms with van der Waals surface area (Å²) in [6.45, 7) is 3.98. The van der Waals surface area contributed by atoms with Gasteiger partial charge < -0.3 is 4.74 Å². The fourth-order valence-electron chi connectivity index (χ4n) is 3.00. The molecule has 0 aromatic rings. The van der Waals surface area contributed by atoms with Crippen molar-refractivity contribution >= 4 is 5.90 Å². The molecule has 0 radical (unpaired) electrons. The fourth-order valence-corrected chi connectivity index (χ4v) is 3.00. The van der Waals surface area contributed by atoms with Crippen LogP contribution in [0.3, 0.4) is 0 Å². The highest BCUT2D eigenvalue weighted by Gasteiger charge is 2.05. The Balaban J connectivity index is 1.67. The molecule has 0 atom stereocenters. The van der Waals surface area contributed by atoms with E-state index in [-0.39, 0.29) is 0 Å². The molecule has 0 amide bonds. The summed E-state index contributed by atoms with van der Waals surface area (Å²) < 4.78 is 5.42. The average Bonchev–Trinajstić information content (AvgIpc) is 3.01. The zero-order valence-corrected chi connectivity index (χ0v) is 14.4. The van der Waals surface area contributed by atoms with Crippen LogP contribution in [-0.4, -0.2) is 19.0 Å². The number of nitrogens with zero attached hydrogens (tertiary/aromatic N) is 1. The van der Waals surface area contributed by atoms with Crippen LogP contribution < -0.4 is 0 Å². The van der Waals surface area contributed by atoms with E-state index in [0.717, 1.165) is 25.5 Å². The highest BCUT2D eigenvalue weighted by Crippen LogP contribution is 2.13. The number of rotatable bonds is 15. The van der Waals surface area contributed by atoms with Crippen molar-refractivity contribution in [3.8, 4) is 0 Å². The Hall–Kier alpha value is -0.530. The molecule has 0 unspecified atom stereocenters. The van der Waals surface area contributed by atoms with E-state index >= 15 is 0 Å². The Morgan fingerprint density at radius 3 is 1.62 bits per heavy atom. The summed E-state index contributed by atoms with van der Waals surface area (Å²) in [5.41, 5.74) is 0. The van der Waals surface area contributed by atoms with Crippen molar-refractivity contribution in [1.29, 1.82) is 0 Å². The maximum Gasteiger partial charge on any atom is 0.183 e. The van der Waals surface area contributed by atoms with Gasteiger partial charge >= 0.3 is 0 Å². The van der Waals surface area contributed by atoms with Crippen LogP contribution in [0.25, 0.3) is 0 Å². The van der Waals surface area contributed by atoms with Crippen LogP contribution in [0.4, 0.5) is 0 Å². The van der Waals surface area contributed by atoms with E-state index in [4.69, 9.17) is 4.74 Å². The number of unbranched alkanes of at least 4 members (excludes halogenated alkanes) is 13. The molecular formula is C19H37NO. The molecule has 0 spiro atoms. The van der Waals surface area contributed by atoms with Crippen molar-refractivity contribution in [2.75, 3.05) is 13.2 Å². The normalized spacial score (nSPS) is 14.2. The molecule has 2 heteroatoms. The minimum absolute atomic E-state index is 0.813. The van der Waals surface area contributed by atoms with E-state index in [9.17, 15) is 0 Å². The van der Waals surface area contributed by atoms with Gasteiger partial charge in [-0.15, -0.1) is 0 Å². The summed E-state index contributed by atoms with van der Waals surface area (Å²) in [6.07, 6.45) is 20.9. The summed E-state index contributed by atoms with van der Waals surface area (Å²) in [6, 6.07) is 0. The van der Waals surface area contributed by atoms with Gasteiger partial charge in [0.1, 0.15) is 6.61 Å². The first-order valence-corrected chi connectivity index (χ1v) is 9.59. The Morgan fingerprint density at radius 1 is 0.714 bits per heavy atom. The molecule has 0 saturated heterocycles. The van der Waals surface area contributed by atoms with Crippen LogP contribution in [0.5, 0.6) is 0 Å². The van der Waals surface area contributed by atoms with Crippen LogP contribution in [0.1, 0.15) is 103 Å². The first-order chi connectivity index (χ1) is 10.4. The summed E-state index contributed by atoms with van der Waals surface area (Å²) in [5, 5.41) is 0. The van der Waals surface area contributed by atoms with Crippen LogP contribution in [0.15, 0.2) is 4.99 Å². The van der Waals surface area contributed by atoms with Crippen molar-refractivity contribution in [1.82, 2.24) is 0 Å². The minimum atomic E-state index is 0.813. The third-order valence-electron chi connectivity index (χ3n) is 4.39. The van der Waals surface area contributed by atoms with Crippen LogP contribution in [0.2, 0.25) is 0 Å². The molecule has 1 aliphatic heterocycles. The molecule has 1 rings (SSSR count). The SMILES string of the molecule is CCCCCCCCCCCCCCCCC1=NCCO1. The Bertz CT molecular complexity index is 250. The molecule has 124 valence electrons. The second kappa shape index (κ2) is 14.4. The van der Waals surface area contributed by atoms with Crippen LogP contribution >= 0.6 is 0 Å². The second-order valence-corrected chi connectivity index (χ2v) is 6.47. The topological polar surface area (TPSA) is 21.6 Å². The average molecular weight is 296 g/mol. The second-order valence-electron chi connectivity index (χ2n) is 6.47. The third kappa shape index (κ3) is 11.8. The van der Waals surface area contributed by atoms with Crippen LogP contribution in [0, 0.1) is 0 Å². The number of ether oxygens (including phenoxy) is 1. The van der Waals surface area contributed by atoms with Gasteiger partial charge in [-0.3, -0.25) is 4.99 Å². The predicted octanol–water partition coefficient (Wildman–Crippen LogP) is 6.29. The molecule has 1 aliphatic rings. The maximum absolute atomic E-state index is 5.42. The third-order valence-corrected chi connectivity index (χ3v) is 4.39. The lowest BCUT2D eigenvalue weighted by Gasteiger charge is -2.03. The van der Waals surface area contributed by atoms with Gasteiger partial charge in [0.05, 0.1) is 6.54 Å². The van der Waals surface area contributed by atoms with Gasteiger partial charge in [0, 0.05) is 6.42 Å². The maximum atomic E-state index is 5.42. The summed E-state index contributed by atoms with van der Waals surface area (Å²) in [5.74, 6) is 1.01. The number of hydrogen-bond acceptors (Lipinski definition) is 2. The lowest BCUT2D eigenvalue weighted by Crippen LogP contribution is -1.98. The Labute approximate surface area is 132 Å². The van der Waals surface area contributed by atoms with E-state index in [1.54, 1.807) is 0 Å². The van der Waals surface area contributed by atoms with Crippen molar-refractivity contribution in [3.63, 3.8) is 0 Å². The quantitative estimate of drug-likeness (QED) is 0.325. The molecule has 0 aromatic carbocycles. The highest BCUT2D eigenvalue weighted by atomic mass is 16.5. The van der Waals surface area contributed by atoms with E-state index in [2.05, 4.69) is 11.9 Å². The van der Waals surface area contributed by atoms with E-state index in [1.165, 1.54) is 89.9 Å². The zero-order valence-electron chi connectivity index (χ0n) is 14.4. The van der Waals surface area contributed by atoms with Gasteiger partial charge in [-0.05, 0) is 6.42 Å². The first kappa shape index (κ1) is 18.5. The molecule has 0 aromatic heterocycles. The first-order valence-electron chi connectivity index (χ1n) is 9.59. The fraction of sp³-hybridized carbons (Fsp3) is 0.947. The molecule has 0 N–H and O–H groups in total. The molecule has 0 saturated carbocycles. The van der Waals surface area contributed by atoms with Gasteiger partial charge in [-0.25, -0.2) is 0 Å². The molecule has 0 fully saturated rings. The Morgan fingerprint density at radius 2 is 1.19 bits per heavy atom. The van der Waals surface area contributed by atoms with E-state index in [1.807, 2.05) is 0 Å². The summed E-state index contributed by atoms with van der Waals surface area (Å²) in [4.78, 5) is 4.33. The van der Waals surface area contributed by atoms with Gasteiger partial charge in [-0.1, -0.05) is 90.4 Å². The predicted molar refractivity (Wildman–Crippen MR) is 93.2 cm³/mol. The summed E-state index contributed by atoms with van der Waals surface area (Å²) in [7, 11) is 0. The van der Waals surface area contributed by atoms with Crippen molar-refractivity contribution < 1.29 is 4.74 Å².